The van der Waals surface area contributed by atoms with Crippen LogP contribution in [0, 0.1) is 0 Å². The number of guanidine groups is 1. The molecule has 0 bridgehead atoms. The lowest BCUT2D eigenvalue weighted by Gasteiger charge is -2.35. The molecule has 1 aliphatic rings. The van der Waals surface area contributed by atoms with Gasteiger partial charge in [0.2, 0.25) is 5.88 Å². The maximum absolute atomic E-state index is 5.15. The van der Waals surface area contributed by atoms with E-state index in [0.717, 1.165) is 30.7 Å². The third kappa shape index (κ3) is 5.67. The van der Waals surface area contributed by atoms with E-state index in [1.54, 1.807) is 20.4 Å². The molecule has 1 aromatic rings. The van der Waals surface area contributed by atoms with Crippen LogP contribution in [-0.2, 0) is 6.54 Å². The second kappa shape index (κ2) is 10.1. The van der Waals surface area contributed by atoms with Crippen LogP contribution in [0.2, 0.25) is 0 Å². The smallest absolute Gasteiger partial charge is 0.213 e. The monoisotopic (exact) mass is 333 g/mol. The Balaban J connectivity index is 1.74. The molecule has 0 amide bonds. The van der Waals surface area contributed by atoms with E-state index in [1.165, 1.54) is 32.2 Å². The van der Waals surface area contributed by atoms with Crippen molar-refractivity contribution in [3.8, 4) is 5.88 Å². The number of hydrogen-bond donors (Lipinski definition) is 2. The lowest BCUT2D eigenvalue weighted by atomic mass is 10.0. The topological polar surface area (TPSA) is 61.8 Å². The molecule has 0 spiro atoms. The summed E-state index contributed by atoms with van der Waals surface area (Å²) in [6.45, 7) is 6.20. The lowest BCUT2D eigenvalue weighted by Crippen LogP contribution is -2.45. The van der Waals surface area contributed by atoms with Crippen LogP contribution in [0.1, 0.15) is 38.2 Å². The molecule has 0 saturated carbocycles. The first-order chi connectivity index (χ1) is 11.8. The highest BCUT2D eigenvalue weighted by Gasteiger charge is 2.19. The summed E-state index contributed by atoms with van der Waals surface area (Å²) in [6, 6.07) is 4.65. The van der Waals surface area contributed by atoms with Gasteiger partial charge >= 0.3 is 0 Å². The molecule has 1 aliphatic heterocycles. The van der Waals surface area contributed by atoms with Gasteiger partial charge in [0.15, 0.2) is 5.96 Å². The number of methoxy groups -OCH3 is 1. The Hall–Kier alpha value is -1.82. The molecule has 134 valence electrons. The molecule has 6 heteroatoms. The molecule has 0 aromatic carbocycles. The molecule has 2 rings (SSSR count). The van der Waals surface area contributed by atoms with Gasteiger partial charge in [-0.15, -0.1) is 0 Å². The van der Waals surface area contributed by atoms with Gasteiger partial charge in [-0.25, -0.2) is 4.98 Å². The first-order valence-electron chi connectivity index (χ1n) is 8.94. The van der Waals surface area contributed by atoms with Gasteiger partial charge in [-0.3, -0.25) is 9.89 Å². The Morgan fingerprint density at radius 3 is 3.04 bits per heavy atom. The quantitative estimate of drug-likeness (QED) is 0.590. The van der Waals surface area contributed by atoms with Gasteiger partial charge in [-0.1, -0.05) is 13.3 Å². The van der Waals surface area contributed by atoms with Crippen molar-refractivity contribution in [2.45, 2.75) is 45.2 Å². The summed E-state index contributed by atoms with van der Waals surface area (Å²) in [5.74, 6) is 1.46. The summed E-state index contributed by atoms with van der Waals surface area (Å²) in [4.78, 5) is 11.0. The second-order valence-corrected chi connectivity index (χ2v) is 6.15. The van der Waals surface area contributed by atoms with Crippen LogP contribution in [0.3, 0.4) is 0 Å². The Morgan fingerprint density at radius 1 is 1.42 bits per heavy atom. The zero-order valence-corrected chi connectivity index (χ0v) is 15.2. The number of piperidine rings is 1. The predicted molar refractivity (Wildman–Crippen MR) is 98.5 cm³/mol. The van der Waals surface area contributed by atoms with Gasteiger partial charge in [0.05, 0.1) is 7.11 Å². The van der Waals surface area contributed by atoms with Gasteiger partial charge in [-0.05, 0) is 37.4 Å². The molecule has 1 unspecified atom stereocenters. The first kappa shape index (κ1) is 18.5. The number of aliphatic imine (C=N–C) groups is 1. The van der Waals surface area contributed by atoms with Crippen molar-refractivity contribution >= 4 is 5.96 Å². The largest absolute Gasteiger partial charge is 0.481 e. The summed E-state index contributed by atoms with van der Waals surface area (Å²) < 4.78 is 5.15. The van der Waals surface area contributed by atoms with Crippen LogP contribution < -0.4 is 15.4 Å². The van der Waals surface area contributed by atoms with E-state index in [9.17, 15) is 0 Å². The molecule has 1 atom stereocenters. The Kier molecular flexibility index (Phi) is 7.82. The van der Waals surface area contributed by atoms with Crippen molar-refractivity contribution in [1.82, 2.24) is 20.5 Å². The zero-order valence-electron chi connectivity index (χ0n) is 15.2. The van der Waals surface area contributed by atoms with E-state index in [-0.39, 0.29) is 0 Å². The highest BCUT2D eigenvalue weighted by atomic mass is 16.5. The van der Waals surface area contributed by atoms with Crippen molar-refractivity contribution in [1.29, 1.82) is 0 Å². The van der Waals surface area contributed by atoms with Crippen molar-refractivity contribution in [2.75, 3.05) is 33.8 Å². The Bertz CT molecular complexity index is 520. The molecule has 0 radical (unpaired) electrons. The number of likely N-dealkylation sites (tertiary alicyclic amines) is 1. The summed E-state index contributed by atoms with van der Waals surface area (Å²) in [5.41, 5.74) is 1.12. The first-order valence-corrected chi connectivity index (χ1v) is 8.94. The van der Waals surface area contributed by atoms with E-state index in [4.69, 9.17) is 4.74 Å². The highest BCUT2D eigenvalue weighted by molar-refractivity contribution is 5.79. The Labute approximate surface area is 145 Å². The fourth-order valence-electron chi connectivity index (χ4n) is 3.21. The molecule has 1 aromatic heterocycles. The van der Waals surface area contributed by atoms with E-state index in [2.05, 4.69) is 32.4 Å². The molecule has 2 N–H and O–H groups in total. The van der Waals surface area contributed by atoms with Crippen molar-refractivity contribution in [3.05, 3.63) is 23.9 Å². The van der Waals surface area contributed by atoms with Gasteiger partial charge in [0.1, 0.15) is 0 Å². The predicted octanol–water partition coefficient (Wildman–Crippen LogP) is 2.02. The average Bonchev–Trinajstić information content (AvgIpc) is 2.65. The number of aromatic nitrogens is 1. The molecule has 24 heavy (non-hydrogen) atoms. The zero-order chi connectivity index (χ0) is 17.2. The van der Waals surface area contributed by atoms with Gasteiger partial charge in [-0.2, -0.15) is 0 Å². The van der Waals surface area contributed by atoms with Gasteiger partial charge < -0.3 is 15.4 Å². The number of nitrogens with zero attached hydrogens (tertiary/aromatic N) is 3. The number of pyridine rings is 1. The SMILES string of the molecule is CCC1CCCCN1CCNC(=NC)NCc1ccnc(OC)c1. The van der Waals surface area contributed by atoms with Crippen LogP contribution in [0.4, 0.5) is 0 Å². The van der Waals surface area contributed by atoms with Crippen LogP contribution in [0.5, 0.6) is 5.88 Å². The third-order valence-corrected chi connectivity index (χ3v) is 4.60. The lowest BCUT2D eigenvalue weighted by molar-refractivity contribution is 0.147. The summed E-state index contributed by atoms with van der Waals surface area (Å²) >= 11 is 0. The van der Waals surface area contributed by atoms with E-state index < -0.39 is 0 Å². The van der Waals surface area contributed by atoms with Crippen LogP contribution in [-0.4, -0.2) is 55.7 Å². The van der Waals surface area contributed by atoms with Crippen molar-refractivity contribution in [2.24, 2.45) is 4.99 Å². The van der Waals surface area contributed by atoms with E-state index >= 15 is 0 Å². The summed E-state index contributed by atoms with van der Waals surface area (Å²) in [7, 11) is 3.43. The highest BCUT2D eigenvalue weighted by Crippen LogP contribution is 2.18. The number of ether oxygens (including phenoxy) is 1. The molecule has 2 heterocycles. The summed E-state index contributed by atoms with van der Waals surface area (Å²) in [6.07, 6.45) is 7.05. The Morgan fingerprint density at radius 2 is 2.29 bits per heavy atom. The third-order valence-electron chi connectivity index (χ3n) is 4.60. The molecular formula is C18H31N5O. The minimum Gasteiger partial charge on any atom is -0.481 e. The fourth-order valence-corrected chi connectivity index (χ4v) is 3.21. The number of rotatable bonds is 7. The average molecular weight is 333 g/mol. The molecule has 0 aliphatic carbocycles. The normalized spacial score (nSPS) is 19.1. The maximum Gasteiger partial charge on any atom is 0.213 e. The van der Waals surface area contributed by atoms with Gasteiger partial charge in [0.25, 0.3) is 0 Å². The standard InChI is InChI=1S/C18H31N5O/c1-4-16-7-5-6-11-23(16)12-10-21-18(19-2)22-14-15-8-9-20-17(13-15)24-3/h8-9,13,16H,4-7,10-12,14H2,1-3H3,(H2,19,21,22). The minimum atomic E-state index is 0.632. The minimum absolute atomic E-state index is 0.632. The van der Waals surface area contributed by atoms with E-state index in [0.29, 0.717) is 12.4 Å². The van der Waals surface area contributed by atoms with Crippen molar-refractivity contribution < 1.29 is 4.74 Å². The molecular weight excluding hydrogens is 302 g/mol. The van der Waals surface area contributed by atoms with Crippen LogP contribution in [0.15, 0.2) is 23.3 Å². The van der Waals surface area contributed by atoms with Crippen molar-refractivity contribution in [3.63, 3.8) is 0 Å². The van der Waals surface area contributed by atoms with E-state index in [1.807, 2.05) is 12.1 Å². The fraction of sp³-hybridized carbons (Fsp3) is 0.667. The molecule has 6 nitrogen and oxygen atoms in total. The molecule has 1 fully saturated rings. The number of nitrogens with one attached hydrogen (secondary N) is 2. The second-order valence-electron chi connectivity index (χ2n) is 6.15. The van der Waals surface area contributed by atoms with Crippen LogP contribution in [0.25, 0.3) is 0 Å². The summed E-state index contributed by atoms with van der Waals surface area (Å²) in [5, 5.41) is 6.75. The number of hydrogen-bond acceptors (Lipinski definition) is 4. The maximum atomic E-state index is 5.15. The molecule has 1 saturated heterocycles. The van der Waals surface area contributed by atoms with Crippen LogP contribution >= 0.6 is 0 Å². The van der Waals surface area contributed by atoms with Gasteiger partial charge in [0, 0.05) is 45.0 Å².